The van der Waals surface area contributed by atoms with Crippen LogP contribution in [0.2, 0.25) is 0 Å². The summed E-state index contributed by atoms with van der Waals surface area (Å²) in [6.07, 6.45) is 0. The van der Waals surface area contributed by atoms with Gasteiger partial charge in [0, 0.05) is 23.1 Å². The normalized spacial score (nSPS) is 19.0. The number of carbonyl (C=O) groups excluding carboxylic acids is 1. The van der Waals surface area contributed by atoms with Crippen molar-refractivity contribution in [1.29, 1.82) is 0 Å². The highest BCUT2D eigenvalue weighted by Gasteiger charge is 2.47. The number of azide groups is 1. The van der Waals surface area contributed by atoms with E-state index in [2.05, 4.69) is 10.0 Å². The Hall–Kier alpha value is -3.18. The van der Waals surface area contributed by atoms with Crippen molar-refractivity contribution in [2.75, 3.05) is 14.2 Å². The first kappa shape index (κ1) is 16.7. The molecule has 2 atom stereocenters. The number of amides is 1. The van der Waals surface area contributed by atoms with E-state index < -0.39 is 6.04 Å². The Morgan fingerprint density at radius 2 is 1.92 bits per heavy atom. The SMILES string of the molecule is COc1ccc(CN2C(=O)[C@H](N=[N+]=[N-])[C@@H]2c2ccccc2)c(OC)c1. The molecule has 0 bridgehead atoms. The fraction of sp³-hybridized carbons (Fsp3) is 0.278. The van der Waals surface area contributed by atoms with E-state index in [1.54, 1.807) is 25.2 Å². The molecule has 25 heavy (non-hydrogen) atoms. The number of benzene rings is 2. The van der Waals surface area contributed by atoms with Gasteiger partial charge in [-0.3, -0.25) is 4.79 Å². The van der Waals surface area contributed by atoms with Crippen molar-refractivity contribution in [2.24, 2.45) is 5.11 Å². The lowest BCUT2D eigenvalue weighted by Gasteiger charge is -2.45. The molecule has 1 aliphatic heterocycles. The molecule has 1 saturated heterocycles. The number of hydrogen-bond donors (Lipinski definition) is 0. The molecule has 0 N–H and O–H groups in total. The Balaban J connectivity index is 1.90. The van der Waals surface area contributed by atoms with E-state index in [0.29, 0.717) is 18.0 Å². The molecule has 1 heterocycles. The Kier molecular flexibility index (Phi) is 4.77. The molecule has 7 nitrogen and oxygen atoms in total. The summed E-state index contributed by atoms with van der Waals surface area (Å²) in [5, 5.41) is 3.67. The monoisotopic (exact) mass is 338 g/mol. The molecule has 1 aliphatic rings. The quantitative estimate of drug-likeness (QED) is 0.350. The zero-order valence-corrected chi connectivity index (χ0v) is 14.0. The van der Waals surface area contributed by atoms with E-state index in [-0.39, 0.29) is 11.9 Å². The Bertz CT molecular complexity index is 818. The second kappa shape index (κ2) is 7.15. The molecule has 0 aliphatic carbocycles. The lowest BCUT2D eigenvalue weighted by molar-refractivity contribution is -0.150. The number of carbonyl (C=O) groups is 1. The van der Waals surface area contributed by atoms with Gasteiger partial charge in [-0.05, 0) is 23.2 Å². The first-order valence-corrected chi connectivity index (χ1v) is 7.80. The minimum atomic E-state index is -0.711. The molecule has 7 heteroatoms. The van der Waals surface area contributed by atoms with Crippen molar-refractivity contribution in [1.82, 2.24) is 4.90 Å². The standard InChI is InChI=1S/C18H18N4O3/c1-24-14-9-8-13(15(10-14)25-2)11-22-17(12-6-4-3-5-7-12)16(18(22)23)20-21-19/h3-10,16-17H,11H2,1-2H3/t16-,17+/m1/s1. The molecule has 128 valence electrons. The fourth-order valence-electron chi connectivity index (χ4n) is 3.05. The van der Waals surface area contributed by atoms with Gasteiger partial charge in [-0.15, -0.1) is 0 Å². The smallest absolute Gasteiger partial charge is 0.234 e. The van der Waals surface area contributed by atoms with Gasteiger partial charge in [0.05, 0.1) is 20.3 Å². The lowest BCUT2D eigenvalue weighted by atomic mass is 9.88. The predicted molar refractivity (Wildman–Crippen MR) is 92.2 cm³/mol. The summed E-state index contributed by atoms with van der Waals surface area (Å²) in [7, 11) is 3.16. The highest BCUT2D eigenvalue weighted by Crippen LogP contribution is 2.39. The van der Waals surface area contributed by atoms with Crippen molar-refractivity contribution in [3.05, 3.63) is 70.1 Å². The first-order chi connectivity index (χ1) is 12.2. The van der Waals surface area contributed by atoms with E-state index in [1.807, 2.05) is 42.5 Å². The number of likely N-dealkylation sites (tertiary alicyclic amines) is 1. The van der Waals surface area contributed by atoms with Crippen LogP contribution < -0.4 is 9.47 Å². The fourth-order valence-corrected chi connectivity index (χ4v) is 3.05. The van der Waals surface area contributed by atoms with Crippen LogP contribution in [0.25, 0.3) is 10.4 Å². The van der Waals surface area contributed by atoms with Gasteiger partial charge in [-0.1, -0.05) is 35.4 Å². The molecule has 0 spiro atoms. The van der Waals surface area contributed by atoms with Crippen LogP contribution >= 0.6 is 0 Å². The minimum Gasteiger partial charge on any atom is -0.497 e. The third-order valence-corrected chi connectivity index (χ3v) is 4.32. The van der Waals surface area contributed by atoms with Crippen LogP contribution in [-0.2, 0) is 11.3 Å². The maximum Gasteiger partial charge on any atom is 0.234 e. The topological polar surface area (TPSA) is 87.5 Å². The van der Waals surface area contributed by atoms with Gasteiger partial charge >= 0.3 is 0 Å². The van der Waals surface area contributed by atoms with Crippen molar-refractivity contribution in [3.8, 4) is 11.5 Å². The van der Waals surface area contributed by atoms with E-state index in [1.165, 1.54) is 0 Å². The zero-order chi connectivity index (χ0) is 17.8. The minimum absolute atomic E-state index is 0.190. The van der Waals surface area contributed by atoms with Crippen molar-refractivity contribution in [2.45, 2.75) is 18.6 Å². The molecule has 1 fully saturated rings. The van der Waals surface area contributed by atoms with Gasteiger partial charge in [0.25, 0.3) is 0 Å². The molecule has 0 radical (unpaired) electrons. The average molecular weight is 338 g/mol. The molecule has 1 amide bonds. The van der Waals surface area contributed by atoms with E-state index in [9.17, 15) is 4.79 Å². The van der Waals surface area contributed by atoms with Gasteiger partial charge < -0.3 is 14.4 Å². The maximum absolute atomic E-state index is 12.5. The van der Waals surface area contributed by atoms with Crippen LogP contribution in [-0.4, -0.2) is 31.1 Å². The third kappa shape index (κ3) is 3.09. The first-order valence-electron chi connectivity index (χ1n) is 7.80. The summed E-state index contributed by atoms with van der Waals surface area (Å²) in [6.45, 7) is 0.364. The molecular formula is C18H18N4O3. The number of methoxy groups -OCH3 is 2. The highest BCUT2D eigenvalue weighted by molar-refractivity contribution is 5.90. The van der Waals surface area contributed by atoms with Gasteiger partial charge in [-0.2, -0.15) is 0 Å². The molecular weight excluding hydrogens is 320 g/mol. The Labute approximate surface area is 145 Å². The van der Waals surface area contributed by atoms with Crippen molar-refractivity contribution >= 4 is 5.91 Å². The Morgan fingerprint density at radius 3 is 2.56 bits per heavy atom. The zero-order valence-electron chi connectivity index (χ0n) is 14.0. The van der Waals surface area contributed by atoms with Gasteiger partial charge in [0.15, 0.2) is 0 Å². The Morgan fingerprint density at radius 1 is 1.16 bits per heavy atom. The van der Waals surface area contributed by atoms with Crippen molar-refractivity contribution < 1.29 is 14.3 Å². The lowest BCUT2D eigenvalue weighted by Crippen LogP contribution is -2.57. The van der Waals surface area contributed by atoms with E-state index in [0.717, 1.165) is 11.1 Å². The molecule has 2 aromatic carbocycles. The number of nitrogens with zero attached hydrogens (tertiary/aromatic N) is 4. The largest absolute Gasteiger partial charge is 0.497 e. The maximum atomic E-state index is 12.5. The second-order valence-corrected chi connectivity index (χ2v) is 5.65. The molecule has 0 saturated carbocycles. The molecule has 2 aromatic rings. The van der Waals surface area contributed by atoms with Gasteiger partial charge in [-0.25, -0.2) is 0 Å². The predicted octanol–water partition coefficient (Wildman–Crippen LogP) is 3.47. The van der Waals surface area contributed by atoms with Crippen molar-refractivity contribution in [3.63, 3.8) is 0 Å². The number of ether oxygens (including phenoxy) is 2. The summed E-state index contributed by atoms with van der Waals surface area (Å²) in [5.74, 6) is 1.14. The summed E-state index contributed by atoms with van der Waals surface area (Å²) in [4.78, 5) is 17.0. The highest BCUT2D eigenvalue weighted by atomic mass is 16.5. The summed E-state index contributed by atoms with van der Waals surface area (Å²) >= 11 is 0. The number of β-lactam (4-membered cyclic amide) rings is 1. The number of rotatable bonds is 6. The van der Waals surface area contributed by atoms with Crippen LogP contribution in [0.15, 0.2) is 53.6 Å². The van der Waals surface area contributed by atoms with Crippen LogP contribution in [0.5, 0.6) is 11.5 Å². The summed E-state index contributed by atoms with van der Waals surface area (Å²) in [6, 6.07) is 14.0. The summed E-state index contributed by atoms with van der Waals surface area (Å²) < 4.78 is 10.6. The van der Waals surface area contributed by atoms with E-state index in [4.69, 9.17) is 15.0 Å². The molecule has 0 aromatic heterocycles. The third-order valence-electron chi connectivity index (χ3n) is 4.32. The number of hydrogen-bond acceptors (Lipinski definition) is 4. The molecule has 0 unspecified atom stereocenters. The summed E-state index contributed by atoms with van der Waals surface area (Å²) in [5.41, 5.74) is 10.5. The van der Waals surface area contributed by atoms with Crippen LogP contribution in [0, 0.1) is 0 Å². The van der Waals surface area contributed by atoms with Gasteiger partial charge in [0.1, 0.15) is 17.5 Å². The average Bonchev–Trinajstić information content (AvgIpc) is 2.67. The second-order valence-electron chi connectivity index (χ2n) is 5.65. The van der Waals surface area contributed by atoms with E-state index >= 15 is 0 Å². The van der Waals surface area contributed by atoms with Crippen LogP contribution in [0.1, 0.15) is 17.2 Å². The van der Waals surface area contributed by atoms with Crippen LogP contribution in [0.3, 0.4) is 0 Å². The molecule has 3 rings (SSSR count). The van der Waals surface area contributed by atoms with Gasteiger partial charge in [0.2, 0.25) is 5.91 Å². The van der Waals surface area contributed by atoms with Crippen LogP contribution in [0.4, 0.5) is 0 Å².